The average Bonchev–Trinajstić information content (AvgIpc) is 2.13. The predicted molar refractivity (Wildman–Crippen MR) is 54.9 cm³/mol. The molecule has 0 atom stereocenters. The molecule has 0 unspecified atom stereocenters. The molecule has 1 aromatic rings. The van der Waals surface area contributed by atoms with Gasteiger partial charge < -0.3 is 10.4 Å². The minimum Gasteiger partial charge on any atom is -0.396 e. The molecule has 1 rings (SSSR count). The summed E-state index contributed by atoms with van der Waals surface area (Å²) in [6.45, 7) is 0.811. The zero-order valence-corrected chi connectivity index (χ0v) is 9.14. The van der Waals surface area contributed by atoms with Crippen molar-refractivity contribution in [1.29, 1.82) is 0 Å². The number of nitrogens with zero attached hydrogens (tertiary/aromatic N) is 2. The van der Waals surface area contributed by atoms with Crippen LogP contribution >= 0.6 is 27.5 Å². The molecule has 0 aromatic carbocycles. The predicted octanol–water partition coefficient (Wildman–Crippen LogP) is 1.69. The van der Waals surface area contributed by atoms with Gasteiger partial charge in [-0.25, -0.2) is 9.97 Å². The molecule has 0 radical (unpaired) electrons. The summed E-state index contributed by atoms with van der Waals surface area (Å²) in [4.78, 5) is 7.76. The fourth-order valence-electron chi connectivity index (χ4n) is 0.757. The van der Waals surface area contributed by atoms with E-state index in [0.29, 0.717) is 28.4 Å². The Bertz CT molecular complexity index is 284. The van der Waals surface area contributed by atoms with E-state index in [9.17, 15) is 0 Å². The molecule has 13 heavy (non-hydrogen) atoms. The summed E-state index contributed by atoms with van der Waals surface area (Å²) in [6.07, 6.45) is 2.06. The molecule has 0 aliphatic rings. The standard InChI is InChI=1S/C7H9BrClN3O/c8-5-6(9)11-4-12-7(5)10-2-1-3-13/h4,13H,1-3H2,(H,10,11,12). The van der Waals surface area contributed by atoms with Crippen molar-refractivity contribution in [2.24, 2.45) is 0 Å². The number of halogens is 2. The van der Waals surface area contributed by atoms with E-state index in [1.807, 2.05) is 0 Å². The van der Waals surface area contributed by atoms with Crippen LogP contribution in [0.1, 0.15) is 6.42 Å². The summed E-state index contributed by atoms with van der Waals surface area (Å²) in [6, 6.07) is 0. The Morgan fingerprint density at radius 2 is 2.31 bits per heavy atom. The van der Waals surface area contributed by atoms with Gasteiger partial charge in [0, 0.05) is 13.2 Å². The highest BCUT2D eigenvalue weighted by Gasteiger charge is 2.04. The van der Waals surface area contributed by atoms with Crippen molar-refractivity contribution in [2.45, 2.75) is 6.42 Å². The number of hydrogen-bond donors (Lipinski definition) is 2. The third kappa shape index (κ3) is 3.10. The van der Waals surface area contributed by atoms with Gasteiger partial charge in [0.25, 0.3) is 0 Å². The summed E-state index contributed by atoms with van der Waals surface area (Å²) in [7, 11) is 0. The third-order valence-corrected chi connectivity index (χ3v) is 2.64. The van der Waals surface area contributed by atoms with E-state index in [0.717, 1.165) is 0 Å². The highest BCUT2D eigenvalue weighted by molar-refractivity contribution is 9.10. The summed E-state index contributed by atoms with van der Waals surface area (Å²) in [5.74, 6) is 0.647. The Morgan fingerprint density at radius 1 is 1.54 bits per heavy atom. The minimum atomic E-state index is 0.156. The lowest BCUT2D eigenvalue weighted by Gasteiger charge is -2.06. The van der Waals surface area contributed by atoms with Crippen LogP contribution in [0.15, 0.2) is 10.8 Å². The van der Waals surface area contributed by atoms with E-state index in [1.54, 1.807) is 0 Å². The second-order valence-corrected chi connectivity index (χ2v) is 3.48. The first-order valence-corrected chi connectivity index (χ1v) is 4.93. The van der Waals surface area contributed by atoms with Crippen LogP contribution in [0.4, 0.5) is 5.82 Å². The zero-order valence-electron chi connectivity index (χ0n) is 6.80. The van der Waals surface area contributed by atoms with Crippen molar-refractivity contribution in [3.8, 4) is 0 Å². The van der Waals surface area contributed by atoms with Crippen LogP contribution in [0.2, 0.25) is 5.15 Å². The summed E-state index contributed by atoms with van der Waals surface area (Å²) in [5, 5.41) is 11.9. The van der Waals surface area contributed by atoms with Crippen LogP contribution in [-0.2, 0) is 0 Å². The summed E-state index contributed by atoms with van der Waals surface area (Å²) >= 11 is 8.99. The molecule has 0 spiro atoms. The van der Waals surface area contributed by atoms with Crippen molar-refractivity contribution in [3.05, 3.63) is 16.0 Å². The van der Waals surface area contributed by atoms with Gasteiger partial charge in [-0.2, -0.15) is 0 Å². The SMILES string of the molecule is OCCCNc1ncnc(Cl)c1Br. The lowest BCUT2D eigenvalue weighted by molar-refractivity contribution is 0.292. The van der Waals surface area contributed by atoms with Crippen molar-refractivity contribution >= 4 is 33.3 Å². The van der Waals surface area contributed by atoms with Crippen LogP contribution in [0, 0.1) is 0 Å². The molecule has 0 saturated carbocycles. The quantitative estimate of drug-likeness (QED) is 0.643. The third-order valence-electron chi connectivity index (χ3n) is 1.37. The highest BCUT2D eigenvalue weighted by atomic mass is 79.9. The Hall–Kier alpha value is -0.390. The molecule has 0 aliphatic carbocycles. The maximum atomic E-state index is 8.56. The number of rotatable bonds is 4. The number of nitrogens with one attached hydrogen (secondary N) is 1. The van der Waals surface area contributed by atoms with Gasteiger partial charge in [-0.15, -0.1) is 0 Å². The number of aromatic nitrogens is 2. The molecule has 72 valence electrons. The molecule has 0 aliphatic heterocycles. The Balaban J connectivity index is 2.61. The van der Waals surface area contributed by atoms with Gasteiger partial charge >= 0.3 is 0 Å². The maximum Gasteiger partial charge on any atom is 0.148 e. The molecule has 0 amide bonds. The van der Waals surface area contributed by atoms with Gasteiger partial charge in [0.15, 0.2) is 0 Å². The van der Waals surface area contributed by atoms with Crippen LogP contribution in [0.25, 0.3) is 0 Å². The number of anilines is 1. The molecule has 1 heterocycles. The highest BCUT2D eigenvalue weighted by Crippen LogP contribution is 2.25. The number of aliphatic hydroxyl groups excluding tert-OH is 1. The van der Waals surface area contributed by atoms with Gasteiger partial charge in [0.2, 0.25) is 0 Å². The van der Waals surface area contributed by atoms with Gasteiger partial charge in [-0.1, -0.05) is 11.6 Å². The summed E-state index contributed by atoms with van der Waals surface area (Å²) in [5.41, 5.74) is 0. The van der Waals surface area contributed by atoms with Gasteiger partial charge in [0.05, 0.1) is 4.47 Å². The molecule has 0 saturated heterocycles. The smallest absolute Gasteiger partial charge is 0.148 e. The molecule has 2 N–H and O–H groups in total. The van der Waals surface area contributed by atoms with Crippen LogP contribution in [0.5, 0.6) is 0 Å². The molecule has 1 aromatic heterocycles. The van der Waals surface area contributed by atoms with Crippen molar-refractivity contribution < 1.29 is 5.11 Å². The fraction of sp³-hybridized carbons (Fsp3) is 0.429. The molecule has 6 heteroatoms. The summed E-state index contributed by atoms with van der Waals surface area (Å²) < 4.78 is 0.648. The van der Waals surface area contributed by atoms with E-state index in [-0.39, 0.29) is 6.61 Å². The second-order valence-electron chi connectivity index (χ2n) is 2.33. The average molecular weight is 267 g/mol. The first-order valence-electron chi connectivity index (χ1n) is 3.76. The monoisotopic (exact) mass is 265 g/mol. The Morgan fingerprint density at radius 3 is 3.00 bits per heavy atom. The van der Waals surface area contributed by atoms with Gasteiger partial charge in [-0.05, 0) is 22.4 Å². The molecule has 0 bridgehead atoms. The maximum absolute atomic E-state index is 8.56. The normalized spacial score (nSPS) is 10.1. The number of hydrogen-bond acceptors (Lipinski definition) is 4. The van der Waals surface area contributed by atoms with E-state index < -0.39 is 0 Å². The largest absolute Gasteiger partial charge is 0.396 e. The van der Waals surface area contributed by atoms with E-state index in [4.69, 9.17) is 16.7 Å². The van der Waals surface area contributed by atoms with Gasteiger partial charge in [-0.3, -0.25) is 0 Å². The van der Waals surface area contributed by atoms with E-state index >= 15 is 0 Å². The molecular weight excluding hydrogens is 257 g/mol. The minimum absolute atomic E-state index is 0.156. The fourth-order valence-corrected chi connectivity index (χ4v) is 1.24. The topological polar surface area (TPSA) is 58.0 Å². The van der Waals surface area contributed by atoms with Crippen molar-refractivity contribution in [2.75, 3.05) is 18.5 Å². The molecule has 4 nitrogen and oxygen atoms in total. The van der Waals surface area contributed by atoms with Crippen molar-refractivity contribution in [1.82, 2.24) is 9.97 Å². The van der Waals surface area contributed by atoms with Crippen molar-refractivity contribution in [3.63, 3.8) is 0 Å². The van der Waals surface area contributed by atoms with Gasteiger partial charge in [0.1, 0.15) is 17.3 Å². The molecule has 0 fully saturated rings. The van der Waals surface area contributed by atoms with Crippen LogP contribution in [0.3, 0.4) is 0 Å². The lowest BCUT2D eigenvalue weighted by atomic mass is 10.4. The van der Waals surface area contributed by atoms with Crippen LogP contribution in [-0.4, -0.2) is 28.2 Å². The van der Waals surface area contributed by atoms with E-state index in [1.165, 1.54) is 6.33 Å². The first kappa shape index (κ1) is 10.7. The molecular formula is C7H9BrClN3O. The number of aliphatic hydroxyl groups is 1. The lowest BCUT2D eigenvalue weighted by Crippen LogP contribution is -2.06. The van der Waals surface area contributed by atoms with Crippen LogP contribution < -0.4 is 5.32 Å². The Kier molecular flexibility index (Phi) is 4.41. The first-order chi connectivity index (χ1) is 6.25. The zero-order chi connectivity index (χ0) is 9.68. The second kappa shape index (κ2) is 5.36. The Labute approximate surface area is 89.5 Å². The van der Waals surface area contributed by atoms with E-state index in [2.05, 4.69) is 31.2 Å².